The van der Waals surface area contributed by atoms with Crippen molar-refractivity contribution >= 4 is 11.9 Å². The Morgan fingerprint density at radius 2 is 2.05 bits per heavy atom. The van der Waals surface area contributed by atoms with E-state index >= 15 is 0 Å². The fraction of sp³-hybridized carbons (Fsp3) is 0.548. The minimum Gasteiger partial charge on any atom is -0.461 e. The van der Waals surface area contributed by atoms with Crippen LogP contribution in [0.15, 0.2) is 52.7 Å². The highest BCUT2D eigenvalue weighted by molar-refractivity contribution is 6.08. The van der Waals surface area contributed by atoms with Gasteiger partial charge in [-0.05, 0) is 93.5 Å². The molecule has 1 amide bonds. The fourth-order valence-corrected chi connectivity index (χ4v) is 6.96. The van der Waals surface area contributed by atoms with Gasteiger partial charge in [0.2, 0.25) is 5.78 Å². The summed E-state index contributed by atoms with van der Waals surface area (Å²) in [4.78, 5) is 28.5. The van der Waals surface area contributed by atoms with E-state index in [9.17, 15) is 14.7 Å². The quantitative estimate of drug-likeness (QED) is 0.383. The van der Waals surface area contributed by atoms with E-state index in [1.165, 1.54) is 11.8 Å². The number of rotatable bonds is 4. The topological polar surface area (TPSA) is 80.0 Å². The fourth-order valence-electron chi connectivity index (χ4n) is 6.96. The van der Waals surface area contributed by atoms with E-state index in [1.807, 2.05) is 11.0 Å². The Morgan fingerprint density at radius 1 is 1.22 bits per heavy atom. The summed E-state index contributed by atoms with van der Waals surface area (Å²) in [6, 6.07) is 9.52. The second-order valence-corrected chi connectivity index (χ2v) is 11.5. The van der Waals surface area contributed by atoms with Gasteiger partial charge in [0.05, 0.1) is 18.9 Å². The highest BCUT2D eigenvalue weighted by atomic mass is 16.6. The van der Waals surface area contributed by atoms with Crippen LogP contribution in [0.25, 0.3) is 0 Å². The molecule has 2 fully saturated rings. The average molecular weight is 506 g/mol. The van der Waals surface area contributed by atoms with Crippen molar-refractivity contribution in [2.24, 2.45) is 5.41 Å². The number of hydrogen-bond donors (Lipinski definition) is 1. The summed E-state index contributed by atoms with van der Waals surface area (Å²) in [6.45, 7) is 7.77. The molecule has 2 heterocycles. The number of nitrogens with zero attached hydrogens (tertiary/aromatic N) is 1. The average Bonchev–Trinajstić information content (AvgIpc) is 3.58. The minimum atomic E-state index is -0.581. The zero-order valence-electron chi connectivity index (χ0n) is 22.3. The molecule has 6 nitrogen and oxygen atoms in total. The molecule has 2 aromatic rings. The number of ketones is 1. The summed E-state index contributed by atoms with van der Waals surface area (Å²) < 4.78 is 11.8. The zero-order chi connectivity index (χ0) is 26.2. The molecule has 1 aliphatic heterocycles. The summed E-state index contributed by atoms with van der Waals surface area (Å²) in [7, 11) is 0. The van der Waals surface area contributed by atoms with Gasteiger partial charge in [-0.1, -0.05) is 37.6 Å². The molecule has 3 aliphatic carbocycles. The van der Waals surface area contributed by atoms with Crippen molar-refractivity contribution in [2.45, 2.75) is 89.8 Å². The molecule has 4 unspecified atom stereocenters. The molecule has 1 spiro atoms. The van der Waals surface area contributed by atoms with Crippen molar-refractivity contribution in [3.8, 4) is 0 Å². The van der Waals surface area contributed by atoms with Crippen molar-refractivity contribution in [1.82, 2.24) is 4.90 Å². The van der Waals surface area contributed by atoms with Crippen LogP contribution in [0.5, 0.6) is 0 Å². The van der Waals surface area contributed by atoms with Gasteiger partial charge >= 0.3 is 6.09 Å². The van der Waals surface area contributed by atoms with E-state index in [1.54, 1.807) is 12.1 Å². The Kier molecular flexibility index (Phi) is 7.06. The predicted molar refractivity (Wildman–Crippen MR) is 142 cm³/mol. The van der Waals surface area contributed by atoms with Crippen LogP contribution in [-0.4, -0.2) is 46.7 Å². The Bertz CT molecular complexity index is 1180. The third-order valence-electron chi connectivity index (χ3n) is 9.11. The first-order valence-electron chi connectivity index (χ1n) is 13.8. The molecule has 6 heteroatoms. The van der Waals surface area contributed by atoms with Gasteiger partial charge in [0.15, 0.2) is 5.76 Å². The van der Waals surface area contributed by atoms with Gasteiger partial charge in [0.25, 0.3) is 0 Å². The molecule has 198 valence electrons. The van der Waals surface area contributed by atoms with Gasteiger partial charge in [-0.25, -0.2) is 4.79 Å². The molecule has 2 bridgehead atoms. The van der Waals surface area contributed by atoms with Gasteiger partial charge in [-0.3, -0.25) is 4.79 Å². The first kappa shape index (κ1) is 25.8. The van der Waals surface area contributed by atoms with Crippen molar-refractivity contribution in [2.75, 3.05) is 13.1 Å². The number of carbonyl (C=O) groups is 2. The van der Waals surface area contributed by atoms with Gasteiger partial charge in [-0.15, -0.1) is 0 Å². The van der Waals surface area contributed by atoms with Crippen molar-refractivity contribution in [3.05, 3.63) is 70.7 Å². The van der Waals surface area contributed by atoms with Crippen molar-refractivity contribution < 1.29 is 23.8 Å². The van der Waals surface area contributed by atoms with Gasteiger partial charge in [0.1, 0.15) is 5.60 Å². The highest BCUT2D eigenvalue weighted by Crippen LogP contribution is 2.61. The van der Waals surface area contributed by atoms with E-state index in [2.05, 4.69) is 39.0 Å². The third kappa shape index (κ3) is 4.65. The molecule has 1 saturated carbocycles. The lowest BCUT2D eigenvalue weighted by atomic mass is 9.65. The lowest BCUT2D eigenvalue weighted by Crippen LogP contribution is -2.48. The molecule has 1 saturated heterocycles. The summed E-state index contributed by atoms with van der Waals surface area (Å²) in [5.74, 6) is 0.222. The monoisotopic (exact) mass is 505 g/mol. The SMILES string of the molecule is CCCN1CC2(CCC3c4ccc(cc4C(=O)c4ccco4)CC(O)CCC(C)=CCCC32C)OC1=O. The summed E-state index contributed by atoms with van der Waals surface area (Å²) in [5, 5.41) is 10.7. The number of furan rings is 1. The van der Waals surface area contributed by atoms with Crippen LogP contribution in [0.2, 0.25) is 0 Å². The number of hydrogen-bond acceptors (Lipinski definition) is 5. The molecule has 1 aromatic carbocycles. The number of allylic oxidation sites excluding steroid dienone is 2. The number of ether oxygens (including phenoxy) is 1. The minimum absolute atomic E-state index is 0.0476. The van der Waals surface area contributed by atoms with E-state index in [4.69, 9.17) is 9.15 Å². The molecule has 1 N–H and O–H groups in total. The Morgan fingerprint density at radius 3 is 2.81 bits per heavy atom. The second-order valence-electron chi connectivity index (χ2n) is 11.5. The zero-order valence-corrected chi connectivity index (χ0v) is 22.3. The largest absolute Gasteiger partial charge is 0.461 e. The van der Waals surface area contributed by atoms with Crippen LogP contribution in [0, 0.1) is 5.41 Å². The van der Waals surface area contributed by atoms with Crippen LogP contribution in [-0.2, 0) is 11.2 Å². The van der Waals surface area contributed by atoms with E-state index in [0.717, 1.165) is 49.7 Å². The maximum Gasteiger partial charge on any atom is 0.410 e. The van der Waals surface area contributed by atoms with Crippen LogP contribution >= 0.6 is 0 Å². The lowest BCUT2D eigenvalue weighted by molar-refractivity contribution is -0.0373. The molecule has 37 heavy (non-hydrogen) atoms. The van der Waals surface area contributed by atoms with Gasteiger partial charge in [0, 0.05) is 17.5 Å². The van der Waals surface area contributed by atoms with Gasteiger partial charge < -0.3 is 19.2 Å². The highest BCUT2D eigenvalue weighted by Gasteiger charge is 2.63. The number of fused-ring (bicyclic) bond motifs is 8. The number of amides is 1. The molecule has 0 radical (unpaired) electrons. The first-order valence-corrected chi connectivity index (χ1v) is 13.8. The molecule has 6 rings (SSSR count). The van der Waals surface area contributed by atoms with Crippen LogP contribution in [0.3, 0.4) is 0 Å². The van der Waals surface area contributed by atoms with Crippen molar-refractivity contribution in [3.63, 3.8) is 0 Å². The Balaban J connectivity index is 1.62. The Labute approximate surface area is 219 Å². The standard InChI is InChI=1S/C31H39NO5/c1-4-16-32-20-31(37-29(32)35)15-13-26-24-12-10-22(19-25(24)28(34)27-8-6-17-36-27)18-23(33)11-9-21(2)7-5-14-30(26,31)3/h6-8,10,12,17,19,23,26,33H,4-5,9,11,13-16,18,20H2,1-3H3. The summed E-state index contributed by atoms with van der Waals surface area (Å²) >= 11 is 0. The summed E-state index contributed by atoms with van der Waals surface area (Å²) in [6.07, 6.45) is 9.36. The maximum atomic E-state index is 13.7. The molecule has 4 atom stereocenters. The maximum absolute atomic E-state index is 13.7. The number of carbonyl (C=O) groups excluding carboxylic acids is 2. The third-order valence-corrected chi connectivity index (χ3v) is 9.11. The van der Waals surface area contributed by atoms with Crippen LogP contribution < -0.4 is 0 Å². The smallest absolute Gasteiger partial charge is 0.410 e. The lowest BCUT2D eigenvalue weighted by Gasteiger charge is -2.43. The molecular formula is C31H39NO5. The normalized spacial score (nSPS) is 30.2. The predicted octanol–water partition coefficient (Wildman–Crippen LogP) is 6.42. The number of benzene rings is 1. The van der Waals surface area contributed by atoms with Crippen molar-refractivity contribution in [1.29, 1.82) is 0 Å². The van der Waals surface area contributed by atoms with Crippen LogP contribution in [0.4, 0.5) is 4.79 Å². The van der Waals surface area contributed by atoms with E-state index < -0.39 is 11.7 Å². The second kappa shape index (κ2) is 10.1. The molecular weight excluding hydrogens is 466 g/mol. The molecule has 4 aliphatic rings. The first-order chi connectivity index (χ1) is 17.8. The van der Waals surface area contributed by atoms with Crippen LogP contribution in [0.1, 0.15) is 98.9 Å². The number of aliphatic hydroxyl groups excluding tert-OH is 1. The molecule has 1 aromatic heterocycles. The number of aliphatic hydroxyl groups is 1. The Hall–Kier alpha value is -2.86. The van der Waals surface area contributed by atoms with Gasteiger partial charge in [-0.2, -0.15) is 0 Å². The van der Waals surface area contributed by atoms with E-state index in [-0.39, 0.29) is 23.2 Å². The van der Waals surface area contributed by atoms with E-state index in [0.29, 0.717) is 37.3 Å². The summed E-state index contributed by atoms with van der Waals surface area (Å²) in [5.41, 5.74) is 2.92.